The number of aromatic nitrogens is 2. The number of benzene rings is 1. The van der Waals surface area contributed by atoms with Crippen LogP contribution in [0.5, 0.6) is 0 Å². The van der Waals surface area contributed by atoms with Crippen LogP contribution in [0.25, 0.3) is 0 Å². The third kappa shape index (κ3) is 2.43. The molecule has 0 saturated heterocycles. The molecule has 2 heterocycles. The van der Waals surface area contributed by atoms with Crippen molar-refractivity contribution in [2.24, 2.45) is 14.1 Å². The van der Waals surface area contributed by atoms with Crippen LogP contribution in [0.3, 0.4) is 0 Å². The molecule has 0 amide bonds. The van der Waals surface area contributed by atoms with E-state index >= 15 is 0 Å². The Kier molecular flexibility index (Phi) is 3.95. The zero-order valence-electron chi connectivity index (χ0n) is 14.0. The van der Waals surface area contributed by atoms with E-state index in [-0.39, 0.29) is 17.8 Å². The Labute approximate surface area is 142 Å². The van der Waals surface area contributed by atoms with Crippen molar-refractivity contribution in [3.05, 3.63) is 61.3 Å². The van der Waals surface area contributed by atoms with Gasteiger partial charge in [-0.05, 0) is 30.5 Å². The van der Waals surface area contributed by atoms with Crippen LogP contribution in [0.1, 0.15) is 29.7 Å². The van der Waals surface area contributed by atoms with Crippen molar-refractivity contribution < 1.29 is 8.78 Å². The highest BCUT2D eigenvalue weighted by Crippen LogP contribution is 2.35. The highest BCUT2D eigenvalue weighted by Gasteiger charge is 2.31. The number of fused-ring (bicyclic) bond motifs is 1. The summed E-state index contributed by atoms with van der Waals surface area (Å²) in [7, 11) is 2.77. The van der Waals surface area contributed by atoms with Crippen molar-refractivity contribution in [2.75, 3.05) is 11.4 Å². The molecule has 1 aliphatic heterocycles. The lowest BCUT2D eigenvalue weighted by atomic mass is 9.92. The number of nitriles is 1. The van der Waals surface area contributed by atoms with Crippen molar-refractivity contribution in [3.8, 4) is 6.07 Å². The molecule has 25 heavy (non-hydrogen) atoms. The van der Waals surface area contributed by atoms with Crippen LogP contribution < -0.4 is 16.1 Å². The van der Waals surface area contributed by atoms with Crippen molar-refractivity contribution >= 4 is 5.82 Å². The van der Waals surface area contributed by atoms with Crippen LogP contribution in [0.2, 0.25) is 0 Å². The first-order valence-electron chi connectivity index (χ1n) is 7.72. The van der Waals surface area contributed by atoms with Crippen molar-refractivity contribution in [1.82, 2.24) is 9.13 Å². The summed E-state index contributed by atoms with van der Waals surface area (Å²) in [5.74, 6) is -1.14. The van der Waals surface area contributed by atoms with Crippen LogP contribution in [0.4, 0.5) is 14.6 Å². The van der Waals surface area contributed by atoms with Gasteiger partial charge in [0.2, 0.25) is 0 Å². The van der Waals surface area contributed by atoms with Crippen LogP contribution in [-0.2, 0) is 20.5 Å². The molecule has 0 saturated carbocycles. The molecule has 1 atom stereocenters. The van der Waals surface area contributed by atoms with E-state index in [1.165, 1.54) is 24.7 Å². The summed E-state index contributed by atoms with van der Waals surface area (Å²) in [5, 5.41) is 9.41. The average Bonchev–Trinajstić information content (AvgIpc) is 2.57. The molecule has 6 nitrogen and oxygen atoms in total. The zero-order valence-corrected chi connectivity index (χ0v) is 14.0. The monoisotopic (exact) mass is 346 g/mol. The molecule has 0 spiro atoms. The Morgan fingerprint density at radius 2 is 1.88 bits per heavy atom. The average molecular weight is 346 g/mol. The van der Waals surface area contributed by atoms with E-state index in [1.807, 2.05) is 6.07 Å². The number of nitrogens with zero attached hydrogens (tertiary/aromatic N) is 4. The van der Waals surface area contributed by atoms with E-state index in [0.717, 1.165) is 10.6 Å². The highest BCUT2D eigenvalue weighted by atomic mass is 19.1. The smallest absolute Gasteiger partial charge is 0.332 e. The molecule has 1 unspecified atom stereocenters. The summed E-state index contributed by atoms with van der Waals surface area (Å²) in [6.45, 7) is 2.02. The van der Waals surface area contributed by atoms with Crippen molar-refractivity contribution in [3.63, 3.8) is 0 Å². The summed E-state index contributed by atoms with van der Waals surface area (Å²) in [6, 6.07) is 3.45. The van der Waals surface area contributed by atoms with E-state index in [2.05, 4.69) is 0 Å². The van der Waals surface area contributed by atoms with Gasteiger partial charge in [-0.15, -0.1) is 0 Å². The summed E-state index contributed by atoms with van der Waals surface area (Å²) in [6.07, 6.45) is 0.278. The third-order valence-electron chi connectivity index (χ3n) is 4.73. The molecule has 3 rings (SSSR count). The third-order valence-corrected chi connectivity index (χ3v) is 4.73. The Hall–Kier alpha value is -2.95. The van der Waals surface area contributed by atoms with Gasteiger partial charge in [-0.1, -0.05) is 0 Å². The summed E-state index contributed by atoms with van der Waals surface area (Å²) < 4.78 is 29.8. The fourth-order valence-electron chi connectivity index (χ4n) is 3.41. The lowest BCUT2D eigenvalue weighted by Crippen LogP contribution is -2.45. The largest absolute Gasteiger partial charge is 0.350 e. The van der Waals surface area contributed by atoms with Gasteiger partial charge in [0.05, 0.1) is 6.04 Å². The highest BCUT2D eigenvalue weighted by molar-refractivity contribution is 5.57. The Bertz CT molecular complexity index is 1030. The summed E-state index contributed by atoms with van der Waals surface area (Å²) in [4.78, 5) is 26.2. The fourth-order valence-corrected chi connectivity index (χ4v) is 3.41. The molecule has 0 fully saturated rings. The van der Waals surface area contributed by atoms with Crippen LogP contribution in [0, 0.1) is 23.0 Å². The molecule has 8 heteroatoms. The van der Waals surface area contributed by atoms with E-state index in [1.54, 1.807) is 11.8 Å². The van der Waals surface area contributed by atoms with Gasteiger partial charge in [0.25, 0.3) is 5.56 Å². The predicted molar refractivity (Wildman–Crippen MR) is 87.5 cm³/mol. The van der Waals surface area contributed by atoms with E-state index < -0.39 is 28.9 Å². The minimum absolute atomic E-state index is 0.165. The maximum absolute atomic E-state index is 14.0. The van der Waals surface area contributed by atoms with Crippen LogP contribution in [-0.4, -0.2) is 15.7 Å². The lowest BCUT2D eigenvalue weighted by Gasteiger charge is -2.38. The molecular weight excluding hydrogens is 330 g/mol. The molecule has 1 aliphatic rings. The Balaban J connectivity index is 2.25. The number of anilines is 1. The van der Waals surface area contributed by atoms with Crippen molar-refractivity contribution in [1.29, 1.82) is 5.26 Å². The molecule has 0 N–H and O–H groups in total. The number of hydrogen-bond donors (Lipinski definition) is 0. The standard InChI is InChI=1S/C17H16F2N4O2/c1-9-12-6-10(18)7-14(19)11(12)4-5-23(9)15-13(8-20)16(24)22(3)17(25)21(15)2/h6-7,9H,4-5H2,1-3H3. The maximum Gasteiger partial charge on any atom is 0.332 e. The minimum atomic E-state index is -0.691. The number of hydrogen-bond acceptors (Lipinski definition) is 4. The van der Waals surface area contributed by atoms with Crippen LogP contribution in [0.15, 0.2) is 21.7 Å². The molecule has 1 aromatic heterocycles. The molecule has 2 aromatic rings. The molecule has 0 bridgehead atoms. The van der Waals surface area contributed by atoms with Gasteiger partial charge in [-0.25, -0.2) is 13.6 Å². The topological polar surface area (TPSA) is 71.0 Å². The number of rotatable bonds is 1. The van der Waals surface area contributed by atoms with E-state index in [9.17, 15) is 23.6 Å². The summed E-state index contributed by atoms with van der Waals surface area (Å²) in [5.41, 5.74) is -0.568. The summed E-state index contributed by atoms with van der Waals surface area (Å²) >= 11 is 0. The Morgan fingerprint density at radius 3 is 2.52 bits per heavy atom. The van der Waals surface area contributed by atoms with Gasteiger partial charge in [-0.2, -0.15) is 5.26 Å². The van der Waals surface area contributed by atoms with E-state index in [4.69, 9.17) is 0 Å². The second-order valence-electron chi connectivity index (χ2n) is 6.09. The quantitative estimate of drug-likeness (QED) is 0.782. The predicted octanol–water partition coefficient (Wildman–Crippen LogP) is 1.36. The van der Waals surface area contributed by atoms with Gasteiger partial charge in [-0.3, -0.25) is 13.9 Å². The SMILES string of the molecule is CC1c2cc(F)cc(F)c2CCN1c1c(C#N)c(=O)n(C)c(=O)n1C. The van der Waals surface area contributed by atoms with Gasteiger partial charge >= 0.3 is 5.69 Å². The molecule has 0 radical (unpaired) electrons. The lowest BCUT2D eigenvalue weighted by molar-refractivity contribution is 0.527. The Morgan fingerprint density at radius 1 is 1.20 bits per heavy atom. The van der Waals surface area contributed by atoms with E-state index in [0.29, 0.717) is 17.7 Å². The first kappa shape index (κ1) is 16.9. The number of halogens is 2. The first-order chi connectivity index (χ1) is 11.8. The van der Waals surface area contributed by atoms with Gasteiger partial charge in [0.1, 0.15) is 23.5 Å². The minimum Gasteiger partial charge on any atom is -0.350 e. The van der Waals surface area contributed by atoms with Gasteiger partial charge in [0.15, 0.2) is 5.56 Å². The van der Waals surface area contributed by atoms with Gasteiger partial charge in [0, 0.05) is 26.7 Å². The maximum atomic E-state index is 14.0. The molecular formula is C17H16F2N4O2. The second-order valence-corrected chi connectivity index (χ2v) is 6.09. The molecule has 130 valence electrons. The molecule has 1 aromatic carbocycles. The van der Waals surface area contributed by atoms with Crippen LogP contribution >= 0.6 is 0 Å². The van der Waals surface area contributed by atoms with Crippen molar-refractivity contribution in [2.45, 2.75) is 19.4 Å². The normalized spacial score (nSPS) is 16.5. The fraction of sp³-hybridized carbons (Fsp3) is 0.353. The zero-order chi connectivity index (χ0) is 18.5. The second kappa shape index (κ2) is 5.84. The molecule has 0 aliphatic carbocycles. The first-order valence-corrected chi connectivity index (χ1v) is 7.72. The van der Waals surface area contributed by atoms with Gasteiger partial charge < -0.3 is 4.90 Å².